The largest absolute Gasteiger partial charge is 0.394 e. The van der Waals surface area contributed by atoms with Crippen molar-refractivity contribution in [2.24, 2.45) is 0 Å². The van der Waals surface area contributed by atoms with Crippen LogP contribution in [0.5, 0.6) is 0 Å². The molecule has 12 heavy (non-hydrogen) atoms. The second-order valence-corrected chi connectivity index (χ2v) is 5.28. The van der Waals surface area contributed by atoms with Gasteiger partial charge in [-0.2, -0.15) is 0 Å². The van der Waals surface area contributed by atoms with E-state index in [1.54, 1.807) is 0 Å². The van der Waals surface area contributed by atoms with E-state index in [2.05, 4.69) is 31.4 Å². The Bertz CT molecular complexity index is 263. The van der Waals surface area contributed by atoms with Crippen molar-refractivity contribution >= 4 is 32.4 Å². The van der Waals surface area contributed by atoms with Crippen LogP contribution >= 0.6 is 27.3 Å². The average Bonchev–Trinajstić information content (AvgIpc) is 2.35. The molecule has 1 heterocycles. The number of aliphatic hydroxyl groups is 1. The Morgan fingerprint density at radius 1 is 1.58 bits per heavy atom. The summed E-state index contributed by atoms with van der Waals surface area (Å²) in [5.41, 5.74) is -0.348. The van der Waals surface area contributed by atoms with Crippen LogP contribution in [0.4, 0.5) is 5.13 Å². The van der Waals surface area contributed by atoms with Crippen molar-refractivity contribution in [1.29, 1.82) is 0 Å². The summed E-state index contributed by atoms with van der Waals surface area (Å²) < 4.78 is 0.735. The Labute approximate surface area is 83.2 Å². The number of nitrogens with zero attached hydrogens (tertiary/aromatic N) is 2. The molecule has 0 fully saturated rings. The van der Waals surface area contributed by atoms with Gasteiger partial charge in [0.15, 0.2) is 3.92 Å². The van der Waals surface area contributed by atoms with E-state index in [0.717, 1.165) is 3.92 Å². The molecule has 68 valence electrons. The molecule has 0 aliphatic carbocycles. The molecule has 0 atom stereocenters. The Balaban J connectivity index is 2.63. The van der Waals surface area contributed by atoms with Crippen molar-refractivity contribution in [1.82, 2.24) is 10.2 Å². The molecule has 1 aromatic heterocycles. The summed E-state index contributed by atoms with van der Waals surface area (Å²) in [4.78, 5) is 0. The molecule has 0 spiro atoms. The summed E-state index contributed by atoms with van der Waals surface area (Å²) in [6.07, 6.45) is 0. The molecule has 0 saturated heterocycles. The van der Waals surface area contributed by atoms with Gasteiger partial charge in [0, 0.05) is 0 Å². The standard InChI is InChI=1S/C6H10BrN3OS/c1-6(2,3-11)8-5-10-9-4(7)12-5/h11H,3H2,1-2H3,(H,8,10). The van der Waals surface area contributed by atoms with Gasteiger partial charge in [0.1, 0.15) is 0 Å². The van der Waals surface area contributed by atoms with E-state index in [1.165, 1.54) is 11.3 Å². The zero-order valence-electron chi connectivity index (χ0n) is 6.83. The van der Waals surface area contributed by atoms with Gasteiger partial charge >= 0.3 is 0 Å². The van der Waals surface area contributed by atoms with E-state index in [0.29, 0.717) is 5.13 Å². The van der Waals surface area contributed by atoms with Gasteiger partial charge in [0.05, 0.1) is 12.1 Å². The third-order valence-electron chi connectivity index (χ3n) is 1.24. The first kappa shape index (κ1) is 9.88. The lowest BCUT2D eigenvalue weighted by atomic mass is 10.1. The van der Waals surface area contributed by atoms with Gasteiger partial charge in [0.25, 0.3) is 0 Å². The fourth-order valence-corrected chi connectivity index (χ4v) is 1.77. The fraction of sp³-hybridized carbons (Fsp3) is 0.667. The van der Waals surface area contributed by atoms with Crippen LogP contribution in [0.25, 0.3) is 0 Å². The lowest BCUT2D eigenvalue weighted by Gasteiger charge is -2.22. The number of rotatable bonds is 3. The third-order valence-corrected chi connectivity index (χ3v) is 2.51. The van der Waals surface area contributed by atoms with Crippen molar-refractivity contribution in [3.05, 3.63) is 3.92 Å². The molecular formula is C6H10BrN3OS. The first-order valence-corrected chi connectivity index (χ1v) is 5.02. The highest BCUT2D eigenvalue weighted by Gasteiger charge is 2.17. The molecule has 0 aliphatic heterocycles. The number of aliphatic hydroxyl groups excluding tert-OH is 1. The molecule has 0 bridgehead atoms. The molecule has 0 saturated carbocycles. The fourth-order valence-electron chi connectivity index (χ4n) is 0.585. The smallest absolute Gasteiger partial charge is 0.206 e. The molecule has 0 aliphatic rings. The lowest BCUT2D eigenvalue weighted by molar-refractivity contribution is 0.234. The molecule has 1 aromatic rings. The Kier molecular flexibility index (Phi) is 3.03. The molecule has 0 amide bonds. The molecule has 0 unspecified atom stereocenters. The highest BCUT2D eigenvalue weighted by atomic mass is 79.9. The molecule has 0 aromatic carbocycles. The van der Waals surface area contributed by atoms with Gasteiger partial charge in [-0.25, -0.2) is 0 Å². The minimum absolute atomic E-state index is 0.0597. The topological polar surface area (TPSA) is 58.0 Å². The van der Waals surface area contributed by atoms with Crippen LogP contribution in [-0.4, -0.2) is 27.4 Å². The van der Waals surface area contributed by atoms with Gasteiger partial charge in [-0.3, -0.25) is 0 Å². The Hall–Kier alpha value is -0.200. The molecule has 6 heteroatoms. The Morgan fingerprint density at radius 3 is 2.67 bits per heavy atom. The lowest BCUT2D eigenvalue weighted by Crippen LogP contribution is -2.34. The summed E-state index contributed by atoms with van der Waals surface area (Å²) in [5, 5.41) is 20.3. The van der Waals surface area contributed by atoms with Crippen molar-refractivity contribution in [3.63, 3.8) is 0 Å². The maximum absolute atomic E-state index is 8.94. The monoisotopic (exact) mass is 251 g/mol. The van der Waals surface area contributed by atoms with Crippen LogP contribution in [0, 0.1) is 0 Å². The highest BCUT2D eigenvalue weighted by molar-refractivity contribution is 9.11. The number of halogens is 1. The van der Waals surface area contributed by atoms with Crippen LogP contribution in [-0.2, 0) is 0 Å². The number of anilines is 1. The quantitative estimate of drug-likeness (QED) is 0.855. The van der Waals surface area contributed by atoms with Crippen molar-refractivity contribution in [2.45, 2.75) is 19.4 Å². The number of hydrogen-bond donors (Lipinski definition) is 2. The van der Waals surface area contributed by atoms with Crippen molar-refractivity contribution in [3.8, 4) is 0 Å². The van der Waals surface area contributed by atoms with E-state index < -0.39 is 0 Å². The van der Waals surface area contributed by atoms with E-state index in [4.69, 9.17) is 5.11 Å². The SMILES string of the molecule is CC(C)(CO)Nc1nnc(Br)s1. The first-order chi connectivity index (χ1) is 5.53. The van der Waals surface area contributed by atoms with Gasteiger partial charge in [-0.05, 0) is 29.8 Å². The summed E-state index contributed by atoms with van der Waals surface area (Å²) in [5.74, 6) is 0. The van der Waals surface area contributed by atoms with Crippen LogP contribution in [0.1, 0.15) is 13.8 Å². The summed E-state index contributed by atoms with van der Waals surface area (Å²) in [6, 6.07) is 0. The normalized spacial score (nSPS) is 11.7. The first-order valence-electron chi connectivity index (χ1n) is 3.41. The predicted molar refractivity (Wildman–Crippen MR) is 52.4 cm³/mol. The zero-order valence-corrected chi connectivity index (χ0v) is 9.24. The second kappa shape index (κ2) is 3.68. The predicted octanol–water partition coefficient (Wildman–Crippen LogP) is 1.48. The average molecular weight is 252 g/mol. The summed E-state index contributed by atoms with van der Waals surface area (Å²) in [6.45, 7) is 3.84. The minimum Gasteiger partial charge on any atom is -0.394 e. The number of hydrogen-bond acceptors (Lipinski definition) is 5. The summed E-state index contributed by atoms with van der Waals surface area (Å²) in [7, 11) is 0. The zero-order chi connectivity index (χ0) is 9.19. The van der Waals surface area contributed by atoms with Crippen LogP contribution in [0.3, 0.4) is 0 Å². The molecule has 0 radical (unpaired) electrons. The maximum Gasteiger partial charge on any atom is 0.206 e. The number of aromatic nitrogens is 2. The maximum atomic E-state index is 8.94. The van der Waals surface area contributed by atoms with E-state index >= 15 is 0 Å². The van der Waals surface area contributed by atoms with E-state index in [-0.39, 0.29) is 12.1 Å². The molecular weight excluding hydrogens is 242 g/mol. The van der Waals surface area contributed by atoms with Crippen LogP contribution in [0.2, 0.25) is 0 Å². The molecule has 2 N–H and O–H groups in total. The second-order valence-electron chi connectivity index (χ2n) is 3.03. The highest BCUT2D eigenvalue weighted by Crippen LogP contribution is 2.22. The van der Waals surface area contributed by atoms with Crippen LogP contribution in [0.15, 0.2) is 3.92 Å². The third kappa shape index (κ3) is 2.69. The Morgan fingerprint density at radius 2 is 2.25 bits per heavy atom. The summed E-state index contributed by atoms with van der Waals surface area (Å²) >= 11 is 4.61. The molecule has 4 nitrogen and oxygen atoms in total. The van der Waals surface area contributed by atoms with Gasteiger partial charge in [-0.1, -0.05) is 11.3 Å². The van der Waals surface area contributed by atoms with Crippen LogP contribution < -0.4 is 5.32 Å². The van der Waals surface area contributed by atoms with Crippen molar-refractivity contribution in [2.75, 3.05) is 11.9 Å². The van der Waals surface area contributed by atoms with Gasteiger partial charge < -0.3 is 10.4 Å². The number of nitrogens with one attached hydrogen (secondary N) is 1. The van der Waals surface area contributed by atoms with Gasteiger partial charge in [-0.15, -0.1) is 10.2 Å². The molecule has 1 rings (SSSR count). The van der Waals surface area contributed by atoms with E-state index in [9.17, 15) is 0 Å². The minimum atomic E-state index is -0.348. The van der Waals surface area contributed by atoms with Gasteiger partial charge in [0.2, 0.25) is 5.13 Å². The van der Waals surface area contributed by atoms with E-state index in [1.807, 2.05) is 13.8 Å². The van der Waals surface area contributed by atoms with Crippen molar-refractivity contribution < 1.29 is 5.11 Å².